The Bertz CT molecular complexity index is 576. The van der Waals surface area contributed by atoms with Gasteiger partial charge in [-0.25, -0.2) is 8.42 Å². The van der Waals surface area contributed by atoms with Crippen molar-refractivity contribution in [3.8, 4) is 0 Å². The molecule has 1 fully saturated rings. The summed E-state index contributed by atoms with van der Waals surface area (Å²) in [6.45, 7) is 0. The van der Waals surface area contributed by atoms with Gasteiger partial charge in [0.2, 0.25) is 0 Å². The molecule has 7 heteroatoms. The predicted octanol–water partition coefficient (Wildman–Crippen LogP) is 2.75. The lowest BCUT2D eigenvalue weighted by Gasteiger charge is -2.26. The van der Waals surface area contributed by atoms with Crippen LogP contribution in [0.3, 0.4) is 0 Å². The highest BCUT2D eigenvalue weighted by Gasteiger charge is 2.34. The molecule has 0 radical (unpaired) electrons. The summed E-state index contributed by atoms with van der Waals surface area (Å²) in [7, 11) is -3.72. The lowest BCUT2D eigenvalue weighted by atomic mass is 9.96. The first-order valence-corrected chi connectivity index (χ1v) is 7.92. The summed E-state index contributed by atoms with van der Waals surface area (Å²) < 4.78 is 62.6. The largest absolute Gasteiger partial charge is 0.416 e. The molecule has 1 aromatic rings. The number of hydrogen-bond acceptors (Lipinski definition) is 3. The Morgan fingerprint density at radius 3 is 2.25 bits per heavy atom. The average molecular weight is 307 g/mol. The van der Waals surface area contributed by atoms with E-state index in [9.17, 15) is 21.6 Å². The van der Waals surface area contributed by atoms with Crippen LogP contribution in [0.15, 0.2) is 29.2 Å². The summed E-state index contributed by atoms with van der Waals surface area (Å²) in [5.74, 6) is 0. The molecule has 0 bridgehead atoms. The molecule has 0 spiro atoms. The van der Waals surface area contributed by atoms with Crippen LogP contribution >= 0.6 is 0 Å². The SMILES string of the molecule is N[C@H]1CC[C@@H](S(=O)(=O)c2cccc(C(F)(F)F)c2)CC1. The van der Waals surface area contributed by atoms with Gasteiger partial charge in [0.25, 0.3) is 0 Å². The van der Waals surface area contributed by atoms with Crippen molar-refractivity contribution in [1.29, 1.82) is 0 Å². The van der Waals surface area contributed by atoms with E-state index in [1.165, 1.54) is 6.07 Å². The maximum atomic E-state index is 12.6. The third kappa shape index (κ3) is 3.15. The van der Waals surface area contributed by atoms with Crippen LogP contribution in [0.2, 0.25) is 0 Å². The van der Waals surface area contributed by atoms with Gasteiger partial charge in [-0.05, 0) is 43.9 Å². The molecule has 1 aliphatic rings. The number of halogens is 3. The first kappa shape index (κ1) is 15.3. The smallest absolute Gasteiger partial charge is 0.328 e. The zero-order chi connectivity index (χ0) is 15.0. The van der Waals surface area contributed by atoms with E-state index in [1.807, 2.05) is 0 Å². The van der Waals surface area contributed by atoms with Crippen molar-refractivity contribution < 1.29 is 21.6 Å². The highest BCUT2D eigenvalue weighted by atomic mass is 32.2. The molecule has 0 atom stereocenters. The van der Waals surface area contributed by atoms with Gasteiger partial charge >= 0.3 is 6.18 Å². The molecular weight excluding hydrogens is 291 g/mol. The molecule has 0 aliphatic heterocycles. The van der Waals surface area contributed by atoms with Gasteiger partial charge in [0.1, 0.15) is 0 Å². The summed E-state index contributed by atoms with van der Waals surface area (Å²) in [6.07, 6.45) is -2.56. The minimum atomic E-state index is -4.54. The third-order valence-corrected chi connectivity index (χ3v) is 5.91. The molecule has 1 saturated carbocycles. The number of alkyl halides is 3. The van der Waals surface area contributed by atoms with Crippen molar-refractivity contribution in [1.82, 2.24) is 0 Å². The summed E-state index contributed by atoms with van der Waals surface area (Å²) in [4.78, 5) is -0.257. The number of benzene rings is 1. The Morgan fingerprint density at radius 2 is 1.70 bits per heavy atom. The Morgan fingerprint density at radius 1 is 1.10 bits per heavy atom. The summed E-state index contributed by atoms with van der Waals surface area (Å²) in [5, 5.41) is -0.634. The second-order valence-corrected chi connectivity index (χ2v) is 7.34. The van der Waals surface area contributed by atoms with Crippen molar-refractivity contribution in [3.63, 3.8) is 0 Å². The van der Waals surface area contributed by atoms with Gasteiger partial charge in [0.05, 0.1) is 15.7 Å². The average Bonchev–Trinajstić information content (AvgIpc) is 2.38. The lowest BCUT2D eigenvalue weighted by Crippen LogP contribution is -2.33. The summed E-state index contributed by atoms with van der Waals surface area (Å²) >= 11 is 0. The van der Waals surface area contributed by atoms with E-state index in [-0.39, 0.29) is 10.9 Å². The van der Waals surface area contributed by atoms with Crippen LogP contribution in [-0.4, -0.2) is 19.7 Å². The predicted molar refractivity (Wildman–Crippen MR) is 68.9 cm³/mol. The molecule has 0 amide bonds. The van der Waals surface area contributed by atoms with Gasteiger partial charge < -0.3 is 5.73 Å². The van der Waals surface area contributed by atoms with Crippen LogP contribution in [0.5, 0.6) is 0 Å². The fraction of sp³-hybridized carbons (Fsp3) is 0.538. The Kier molecular flexibility index (Phi) is 4.11. The molecule has 1 aromatic carbocycles. The van der Waals surface area contributed by atoms with Gasteiger partial charge in [0, 0.05) is 6.04 Å². The van der Waals surface area contributed by atoms with E-state index in [4.69, 9.17) is 5.73 Å². The molecular formula is C13H16F3NO2S. The van der Waals surface area contributed by atoms with Crippen molar-refractivity contribution in [2.45, 2.75) is 48.0 Å². The van der Waals surface area contributed by atoms with Crippen LogP contribution in [0.25, 0.3) is 0 Å². The lowest BCUT2D eigenvalue weighted by molar-refractivity contribution is -0.137. The minimum Gasteiger partial charge on any atom is -0.328 e. The standard InChI is InChI=1S/C13H16F3NO2S/c14-13(15,16)9-2-1-3-12(8-9)20(18,19)11-6-4-10(17)5-7-11/h1-3,8,10-11H,4-7,17H2/t10-,11+. The molecule has 0 aromatic heterocycles. The molecule has 0 saturated heterocycles. The van der Waals surface area contributed by atoms with Crippen LogP contribution in [0.1, 0.15) is 31.2 Å². The van der Waals surface area contributed by atoms with E-state index in [0.29, 0.717) is 31.7 Å². The Balaban J connectivity index is 2.30. The van der Waals surface area contributed by atoms with Gasteiger partial charge in [-0.3, -0.25) is 0 Å². The number of rotatable bonds is 2. The maximum Gasteiger partial charge on any atom is 0.416 e. The normalized spacial score (nSPS) is 24.6. The minimum absolute atomic E-state index is 0.0111. The second-order valence-electron chi connectivity index (χ2n) is 5.11. The van der Waals surface area contributed by atoms with Gasteiger partial charge in [-0.15, -0.1) is 0 Å². The van der Waals surface area contributed by atoms with Crippen LogP contribution in [0.4, 0.5) is 13.2 Å². The topological polar surface area (TPSA) is 60.2 Å². The second kappa shape index (κ2) is 5.37. The summed E-state index contributed by atoms with van der Waals surface area (Å²) in [5.41, 5.74) is 4.78. The summed E-state index contributed by atoms with van der Waals surface area (Å²) in [6, 6.07) is 3.92. The molecule has 20 heavy (non-hydrogen) atoms. The van der Waals surface area contributed by atoms with E-state index < -0.39 is 26.8 Å². The van der Waals surface area contributed by atoms with Crippen molar-refractivity contribution in [2.75, 3.05) is 0 Å². The monoisotopic (exact) mass is 307 g/mol. The van der Waals surface area contributed by atoms with Gasteiger partial charge in [-0.1, -0.05) is 6.07 Å². The molecule has 1 aliphatic carbocycles. The maximum absolute atomic E-state index is 12.6. The van der Waals surface area contributed by atoms with Crippen LogP contribution < -0.4 is 5.73 Å². The van der Waals surface area contributed by atoms with Crippen molar-refractivity contribution in [2.24, 2.45) is 5.73 Å². The fourth-order valence-electron chi connectivity index (χ4n) is 2.44. The number of nitrogens with two attached hydrogens (primary N) is 1. The molecule has 3 nitrogen and oxygen atoms in total. The third-order valence-electron chi connectivity index (χ3n) is 3.65. The molecule has 0 heterocycles. The fourth-order valence-corrected chi connectivity index (χ4v) is 4.28. The Hall–Kier alpha value is -1.08. The molecule has 112 valence electrons. The Labute approximate surface area is 115 Å². The number of hydrogen-bond donors (Lipinski definition) is 1. The quantitative estimate of drug-likeness (QED) is 0.914. The first-order chi connectivity index (χ1) is 9.21. The van der Waals surface area contributed by atoms with E-state index in [0.717, 1.165) is 12.1 Å². The zero-order valence-corrected chi connectivity index (χ0v) is 11.5. The zero-order valence-electron chi connectivity index (χ0n) is 10.7. The number of sulfone groups is 1. The first-order valence-electron chi connectivity index (χ1n) is 6.38. The van der Waals surface area contributed by atoms with E-state index in [1.54, 1.807) is 0 Å². The van der Waals surface area contributed by atoms with E-state index in [2.05, 4.69) is 0 Å². The highest BCUT2D eigenvalue weighted by Crippen LogP contribution is 2.33. The van der Waals surface area contributed by atoms with Crippen LogP contribution in [0, 0.1) is 0 Å². The van der Waals surface area contributed by atoms with E-state index >= 15 is 0 Å². The molecule has 2 rings (SSSR count). The van der Waals surface area contributed by atoms with Crippen molar-refractivity contribution >= 4 is 9.84 Å². The molecule has 2 N–H and O–H groups in total. The van der Waals surface area contributed by atoms with Crippen LogP contribution in [-0.2, 0) is 16.0 Å². The highest BCUT2D eigenvalue weighted by molar-refractivity contribution is 7.92. The van der Waals surface area contributed by atoms with Crippen molar-refractivity contribution in [3.05, 3.63) is 29.8 Å². The van der Waals surface area contributed by atoms with Gasteiger partial charge in [0.15, 0.2) is 9.84 Å². The van der Waals surface area contributed by atoms with Gasteiger partial charge in [-0.2, -0.15) is 13.2 Å². The molecule has 0 unspecified atom stereocenters.